The molecule has 3 N–H and O–H groups in total. The molecule has 0 radical (unpaired) electrons. The van der Waals surface area contributed by atoms with Gasteiger partial charge in [-0.05, 0) is 26.8 Å². The molecule has 0 saturated heterocycles. The van der Waals surface area contributed by atoms with E-state index in [2.05, 4.69) is 23.9 Å². The Hall–Kier alpha value is -0.770. The van der Waals surface area contributed by atoms with Crippen LogP contribution >= 0.6 is 0 Å². The van der Waals surface area contributed by atoms with Crippen molar-refractivity contribution < 1.29 is 5.21 Å². The van der Waals surface area contributed by atoms with E-state index >= 15 is 0 Å². The summed E-state index contributed by atoms with van der Waals surface area (Å²) in [6, 6.07) is 0.491. The summed E-state index contributed by atoms with van der Waals surface area (Å²) in [4.78, 5) is 2.13. The van der Waals surface area contributed by atoms with E-state index in [1.54, 1.807) is 0 Å². The maximum atomic E-state index is 8.58. The van der Waals surface area contributed by atoms with Crippen molar-refractivity contribution in [1.82, 2.24) is 4.90 Å². The first-order valence-corrected chi connectivity index (χ1v) is 4.77. The van der Waals surface area contributed by atoms with E-state index in [-0.39, 0.29) is 6.04 Å². The van der Waals surface area contributed by atoms with Gasteiger partial charge in [-0.15, -0.1) is 0 Å². The molecule has 13 heavy (non-hydrogen) atoms. The van der Waals surface area contributed by atoms with Crippen molar-refractivity contribution in [1.29, 1.82) is 0 Å². The normalized spacial score (nSPS) is 17.5. The van der Waals surface area contributed by atoms with Crippen LogP contribution in [-0.2, 0) is 0 Å². The zero-order valence-electron chi connectivity index (χ0n) is 8.99. The van der Waals surface area contributed by atoms with E-state index in [0.29, 0.717) is 11.9 Å². The van der Waals surface area contributed by atoms with Crippen molar-refractivity contribution in [3.05, 3.63) is 0 Å². The van der Waals surface area contributed by atoms with Crippen LogP contribution in [-0.4, -0.2) is 35.1 Å². The SMILES string of the molecule is CCC(C)N(C)C(CC)C(N)=NO. The Morgan fingerprint density at radius 3 is 2.31 bits per heavy atom. The Labute approximate surface area is 80.4 Å². The van der Waals surface area contributed by atoms with E-state index in [4.69, 9.17) is 10.9 Å². The lowest BCUT2D eigenvalue weighted by molar-refractivity contribution is 0.211. The maximum Gasteiger partial charge on any atom is 0.156 e. The molecule has 78 valence electrons. The Kier molecular flexibility index (Phi) is 5.46. The summed E-state index contributed by atoms with van der Waals surface area (Å²) in [5, 5.41) is 11.6. The number of amidine groups is 1. The fraction of sp³-hybridized carbons (Fsp3) is 0.889. The van der Waals surface area contributed by atoms with Crippen LogP contribution in [0.3, 0.4) is 0 Å². The topological polar surface area (TPSA) is 61.8 Å². The van der Waals surface area contributed by atoms with Crippen LogP contribution in [0.4, 0.5) is 0 Å². The van der Waals surface area contributed by atoms with Crippen LogP contribution in [0.5, 0.6) is 0 Å². The van der Waals surface area contributed by atoms with E-state index < -0.39 is 0 Å². The van der Waals surface area contributed by atoms with Crippen molar-refractivity contribution in [2.45, 2.75) is 45.7 Å². The first-order chi connectivity index (χ1) is 6.08. The maximum absolute atomic E-state index is 8.58. The molecule has 0 fully saturated rings. The molecule has 0 bridgehead atoms. The molecule has 0 aromatic carbocycles. The molecule has 0 aromatic heterocycles. The minimum Gasteiger partial charge on any atom is -0.409 e. The van der Waals surface area contributed by atoms with Gasteiger partial charge in [0.2, 0.25) is 0 Å². The van der Waals surface area contributed by atoms with Crippen molar-refractivity contribution >= 4 is 5.84 Å². The van der Waals surface area contributed by atoms with E-state index in [9.17, 15) is 0 Å². The van der Waals surface area contributed by atoms with Gasteiger partial charge in [-0.3, -0.25) is 4.90 Å². The van der Waals surface area contributed by atoms with Gasteiger partial charge < -0.3 is 10.9 Å². The van der Waals surface area contributed by atoms with E-state index in [1.165, 1.54) is 0 Å². The van der Waals surface area contributed by atoms with Gasteiger partial charge in [-0.1, -0.05) is 19.0 Å². The number of likely N-dealkylation sites (N-methyl/N-ethyl adjacent to an activating group) is 1. The molecule has 0 aliphatic heterocycles. The predicted octanol–water partition coefficient (Wildman–Crippen LogP) is 1.24. The first-order valence-electron chi connectivity index (χ1n) is 4.77. The second-order valence-corrected chi connectivity index (χ2v) is 3.37. The van der Waals surface area contributed by atoms with Gasteiger partial charge in [-0.2, -0.15) is 0 Å². The average molecular weight is 187 g/mol. The molecular weight excluding hydrogens is 166 g/mol. The highest BCUT2D eigenvalue weighted by atomic mass is 16.4. The third kappa shape index (κ3) is 3.22. The molecule has 0 aromatic rings. The van der Waals surface area contributed by atoms with Gasteiger partial charge in [0.15, 0.2) is 5.84 Å². The molecule has 2 unspecified atom stereocenters. The molecule has 0 rings (SSSR count). The van der Waals surface area contributed by atoms with Crippen LogP contribution in [0.15, 0.2) is 5.16 Å². The molecule has 0 amide bonds. The van der Waals surface area contributed by atoms with Crippen LogP contribution in [0.2, 0.25) is 0 Å². The van der Waals surface area contributed by atoms with Gasteiger partial charge >= 0.3 is 0 Å². The van der Waals surface area contributed by atoms with Gasteiger partial charge in [0.1, 0.15) is 0 Å². The second kappa shape index (κ2) is 5.80. The number of rotatable bonds is 5. The quantitative estimate of drug-likeness (QED) is 0.294. The molecule has 0 aliphatic rings. The summed E-state index contributed by atoms with van der Waals surface area (Å²) in [6.07, 6.45) is 1.92. The van der Waals surface area contributed by atoms with Crippen molar-refractivity contribution in [2.75, 3.05) is 7.05 Å². The number of nitrogens with zero attached hydrogens (tertiary/aromatic N) is 2. The summed E-state index contributed by atoms with van der Waals surface area (Å²) in [5.41, 5.74) is 5.58. The van der Waals surface area contributed by atoms with Gasteiger partial charge in [0.05, 0.1) is 6.04 Å². The summed E-state index contributed by atoms with van der Waals surface area (Å²) in [6.45, 7) is 6.29. The zero-order valence-corrected chi connectivity index (χ0v) is 8.99. The Morgan fingerprint density at radius 2 is 2.00 bits per heavy atom. The third-order valence-corrected chi connectivity index (χ3v) is 2.62. The summed E-state index contributed by atoms with van der Waals surface area (Å²) in [7, 11) is 2.00. The second-order valence-electron chi connectivity index (χ2n) is 3.37. The molecule has 4 nitrogen and oxygen atoms in total. The summed E-state index contributed by atoms with van der Waals surface area (Å²) in [5.74, 6) is 0.297. The highest BCUT2D eigenvalue weighted by molar-refractivity contribution is 5.85. The fourth-order valence-electron chi connectivity index (χ4n) is 1.37. The minimum absolute atomic E-state index is 0.0416. The lowest BCUT2D eigenvalue weighted by Crippen LogP contribution is -2.46. The summed E-state index contributed by atoms with van der Waals surface area (Å²) < 4.78 is 0. The van der Waals surface area contributed by atoms with E-state index in [1.807, 2.05) is 14.0 Å². The van der Waals surface area contributed by atoms with Gasteiger partial charge in [0.25, 0.3) is 0 Å². The molecule has 0 aliphatic carbocycles. The van der Waals surface area contributed by atoms with Crippen LogP contribution in [0.25, 0.3) is 0 Å². The highest BCUT2D eigenvalue weighted by Gasteiger charge is 2.20. The minimum atomic E-state index is 0.0416. The predicted molar refractivity (Wildman–Crippen MR) is 55.0 cm³/mol. The number of hydrogen-bond acceptors (Lipinski definition) is 3. The van der Waals surface area contributed by atoms with Gasteiger partial charge in [-0.25, -0.2) is 0 Å². The number of hydrogen-bond donors (Lipinski definition) is 2. The Balaban J connectivity index is 4.39. The smallest absolute Gasteiger partial charge is 0.156 e. The lowest BCUT2D eigenvalue weighted by Gasteiger charge is -2.30. The van der Waals surface area contributed by atoms with Gasteiger partial charge in [0, 0.05) is 6.04 Å². The molecule has 0 spiro atoms. The Bertz CT molecular complexity index is 170. The molecule has 0 saturated carbocycles. The third-order valence-electron chi connectivity index (χ3n) is 2.62. The monoisotopic (exact) mass is 187 g/mol. The largest absolute Gasteiger partial charge is 0.409 e. The van der Waals surface area contributed by atoms with Crippen LogP contribution in [0.1, 0.15) is 33.6 Å². The van der Waals surface area contributed by atoms with E-state index in [0.717, 1.165) is 12.8 Å². The Morgan fingerprint density at radius 1 is 1.46 bits per heavy atom. The molecule has 0 heterocycles. The van der Waals surface area contributed by atoms with Crippen molar-refractivity contribution in [2.24, 2.45) is 10.9 Å². The van der Waals surface area contributed by atoms with Crippen molar-refractivity contribution in [3.63, 3.8) is 0 Å². The lowest BCUT2D eigenvalue weighted by atomic mass is 10.1. The zero-order chi connectivity index (χ0) is 10.4. The molecular formula is C9H21N3O. The van der Waals surface area contributed by atoms with Crippen LogP contribution < -0.4 is 5.73 Å². The van der Waals surface area contributed by atoms with Crippen molar-refractivity contribution in [3.8, 4) is 0 Å². The average Bonchev–Trinajstić information content (AvgIpc) is 2.17. The number of oxime groups is 1. The van der Waals surface area contributed by atoms with Crippen LogP contribution in [0, 0.1) is 0 Å². The highest BCUT2D eigenvalue weighted by Crippen LogP contribution is 2.08. The number of nitrogens with two attached hydrogens (primary N) is 1. The fourth-order valence-corrected chi connectivity index (χ4v) is 1.37. The standard InChI is InChI=1S/C9H21N3O/c1-5-7(3)12(4)8(6-2)9(10)11-13/h7-8,13H,5-6H2,1-4H3,(H2,10,11). The molecule has 2 atom stereocenters. The summed E-state index contributed by atoms with van der Waals surface area (Å²) >= 11 is 0. The first kappa shape index (κ1) is 12.2. The molecule has 4 heteroatoms.